The van der Waals surface area contributed by atoms with Gasteiger partial charge in [-0.25, -0.2) is 9.97 Å². The number of carbonyl (C=O) groups is 1. The van der Waals surface area contributed by atoms with Crippen LogP contribution >= 0.6 is 8.18 Å². The van der Waals surface area contributed by atoms with Crippen LogP contribution in [-0.4, -0.2) is 68.6 Å². The Hall–Kier alpha value is -3.19. The second-order valence-corrected chi connectivity index (χ2v) is 9.42. The summed E-state index contributed by atoms with van der Waals surface area (Å²) in [7, 11) is -1.58. The number of hydrogen-bond donors (Lipinski definition) is 3. The largest absolute Gasteiger partial charge is 0.653 e. The molecule has 0 amide bonds. The normalized spacial score (nSPS) is 25.2. The maximum atomic E-state index is 13.0. The molecule has 0 saturated carbocycles. The number of ether oxygens (including phenoxy) is 2. The van der Waals surface area contributed by atoms with Crippen molar-refractivity contribution < 1.29 is 42.8 Å². The summed E-state index contributed by atoms with van der Waals surface area (Å²) in [6, 6.07) is 7.30. The van der Waals surface area contributed by atoms with Gasteiger partial charge in [-0.2, -0.15) is 0 Å². The number of carbonyl (C=O) groups excluding carboxylic acids is 1. The van der Waals surface area contributed by atoms with Gasteiger partial charge in [-0.15, -0.1) is 4.52 Å². The van der Waals surface area contributed by atoms with Crippen LogP contribution in [-0.2, 0) is 23.4 Å². The van der Waals surface area contributed by atoms with E-state index in [1.807, 2.05) is 0 Å². The van der Waals surface area contributed by atoms with E-state index in [-0.39, 0.29) is 11.4 Å². The molecule has 1 aliphatic heterocycles. The van der Waals surface area contributed by atoms with Crippen LogP contribution in [0.1, 0.15) is 25.5 Å². The zero-order valence-corrected chi connectivity index (χ0v) is 20.6. The molecule has 13 nitrogen and oxygen atoms in total. The Kier molecular flexibility index (Phi) is 7.50. The quantitative estimate of drug-likeness (QED) is 0.211. The molecule has 1 saturated heterocycles. The van der Waals surface area contributed by atoms with Crippen molar-refractivity contribution in [3.05, 3.63) is 48.5 Å². The van der Waals surface area contributed by atoms with Gasteiger partial charge in [0.05, 0.1) is 13.4 Å². The van der Waals surface area contributed by atoms with Gasteiger partial charge < -0.3 is 34.7 Å². The van der Waals surface area contributed by atoms with Crippen molar-refractivity contribution in [1.29, 1.82) is 0 Å². The van der Waals surface area contributed by atoms with E-state index >= 15 is 0 Å². The summed E-state index contributed by atoms with van der Waals surface area (Å²) in [4.78, 5) is 26.6. The summed E-state index contributed by atoms with van der Waals surface area (Å²) in [5, 5.41) is 21.8. The highest BCUT2D eigenvalue weighted by Gasteiger charge is 2.55. The molecule has 0 radical (unpaired) electrons. The first-order chi connectivity index (χ1) is 17.1. The number of nitrogens with two attached hydrogens (primary N) is 1. The number of aliphatic hydroxyl groups is 2. The molecular weight excluding hydrogens is 495 g/mol. The number of aromatic nitrogens is 2. The molecule has 0 aliphatic carbocycles. The molecule has 6 unspecified atom stereocenters. The number of anilines is 1. The van der Waals surface area contributed by atoms with E-state index in [1.54, 1.807) is 30.3 Å². The Morgan fingerprint density at radius 2 is 2.06 bits per heavy atom. The van der Waals surface area contributed by atoms with Crippen LogP contribution in [0.4, 0.5) is 5.82 Å². The zero-order valence-electron chi connectivity index (χ0n) is 19.7. The number of aliphatic hydroxyl groups excluding tert-OH is 1. The molecule has 0 spiro atoms. The second kappa shape index (κ2) is 10.4. The number of para-hydroxylation sites is 1. The molecule has 4 rings (SSSR count). The number of hydroxylamine groups is 1. The monoisotopic (exact) mass is 521 g/mol. The highest BCUT2D eigenvalue weighted by molar-refractivity contribution is 7.36. The van der Waals surface area contributed by atoms with Crippen molar-refractivity contribution in [2.24, 2.45) is 0 Å². The predicted octanol–water partition coefficient (Wildman–Crippen LogP) is 1.89. The Bertz CT molecular complexity index is 1240. The van der Waals surface area contributed by atoms with Crippen molar-refractivity contribution in [3.8, 4) is 5.75 Å². The molecule has 4 N–H and O–H groups in total. The van der Waals surface area contributed by atoms with Crippen molar-refractivity contribution in [3.63, 3.8) is 0 Å². The number of furan rings is 1. The SMILES string of the molecule is COC(=O)C(C)N(Oc1ccccc1)[P+](=O)OCC1OC(c2coc3c(N)ncnc23)C(C)(O)C1O. The molecule has 36 heavy (non-hydrogen) atoms. The summed E-state index contributed by atoms with van der Waals surface area (Å²) >= 11 is 0. The van der Waals surface area contributed by atoms with Crippen molar-refractivity contribution in [2.75, 3.05) is 19.5 Å². The average Bonchev–Trinajstić information content (AvgIpc) is 3.40. The van der Waals surface area contributed by atoms with E-state index in [4.69, 9.17) is 29.0 Å². The standard InChI is InChI=1S/C22H26N4O9P/c1-12(21(28)31-3)26(35-13-7-5-4-6-8-13)36(30)33-10-15-18(27)22(2,29)19(34-15)14-9-32-17-16(14)24-11-25-20(17)23/h4-9,11-12,15,18-19,27,29H,10H2,1-3H3,(H2,23,24,25)/q+1. The highest BCUT2D eigenvalue weighted by Crippen LogP contribution is 2.45. The first-order valence-corrected chi connectivity index (χ1v) is 12.0. The molecule has 2 aromatic heterocycles. The Morgan fingerprint density at radius 1 is 1.33 bits per heavy atom. The molecule has 14 heteroatoms. The third-order valence-electron chi connectivity index (χ3n) is 5.81. The molecule has 1 aliphatic rings. The smallest absolute Gasteiger partial charge is 0.468 e. The van der Waals surface area contributed by atoms with Crippen LogP contribution in [0, 0.1) is 0 Å². The molecule has 1 fully saturated rings. The molecule has 0 bridgehead atoms. The molecule has 1 aromatic carbocycles. The minimum Gasteiger partial charge on any atom is -0.468 e. The first-order valence-electron chi connectivity index (χ1n) is 10.9. The maximum Gasteiger partial charge on any atom is 0.653 e. The van der Waals surface area contributed by atoms with Crippen LogP contribution < -0.4 is 10.6 Å². The molecule has 3 aromatic rings. The molecule has 192 valence electrons. The third-order valence-corrected chi connectivity index (χ3v) is 6.93. The number of benzene rings is 1. The maximum absolute atomic E-state index is 13.0. The van der Waals surface area contributed by atoms with Crippen LogP contribution in [0.2, 0.25) is 0 Å². The van der Waals surface area contributed by atoms with E-state index in [1.165, 1.54) is 33.5 Å². The zero-order chi connectivity index (χ0) is 26.0. The molecular formula is C22H26N4O9P+. The fraction of sp³-hybridized carbons (Fsp3) is 0.409. The number of hydrogen-bond acceptors (Lipinski definition) is 12. The summed E-state index contributed by atoms with van der Waals surface area (Å²) in [6.45, 7) is 2.42. The lowest BCUT2D eigenvalue weighted by atomic mass is 9.89. The predicted molar refractivity (Wildman–Crippen MR) is 124 cm³/mol. The van der Waals surface area contributed by atoms with Gasteiger partial charge in [0.15, 0.2) is 23.2 Å². The number of nitrogens with zero attached hydrogens (tertiary/aromatic N) is 3. The highest BCUT2D eigenvalue weighted by atomic mass is 31.1. The van der Waals surface area contributed by atoms with Crippen molar-refractivity contribution >= 4 is 31.1 Å². The van der Waals surface area contributed by atoms with Crippen LogP contribution in [0.15, 0.2) is 47.3 Å². The number of esters is 1. The van der Waals surface area contributed by atoms with Crippen LogP contribution in [0.25, 0.3) is 11.1 Å². The topological polar surface area (TPSA) is 180 Å². The van der Waals surface area contributed by atoms with E-state index in [9.17, 15) is 19.6 Å². The Balaban J connectivity index is 1.50. The Morgan fingerprint density at radius 3 is 2.75 bits per heavy atom. The van der Waals surface area contributed by atoms with Crippen LogP contribution in [0.5, 0.6) is 5.75 Å². The minimum absolute atomic E-state index is 0.111. The number of methoxy groups -OCH3 is 1. The van der Waals surface area contributed by atoms with Gasteiger partial charge in [-0.1, -0.05) is 18.2 Å². The fourth-order valence-electron chi connectivity index (χ4n) is 3.81. The summed E-state index contributed by atoms with van der Waals surface area (Å²) in [5.74, 6) is -0.279. The van der Waals surface area contributed by atoms with Gasteiger partial charge in [0.2, 0.25) is 0 Å². The Labute approximate surface area is 206 Å². The minimum atomic E-state index is -2.77. The van der Waals surface area contributed by atoms with E-state index < -0.39 is 50.7 Å². The van der Waals surface area contributed by atoms with E-state index in [2.05, 4.69) is 9.97 Å². The number of fused-ring (bicyclic) bond motifs is 1. The summed E-state index contributed by atoms with van der Waals surface area (Å²) in [6.07, 6.45) is -1.04. The van der Waals surface area contributed by atoms with Crippen molar-refractivity contribution in [1.82, 2.24) is 14.8 Å². The average molecular weight is 521 g/mol. The lowest BCUT2D eigenvalue weighted by Crippen LogP contribution is -2.43. The van der Waals surface area contributed by atoms with Gasteiger partial charge in [-0.3, -0.25) is 4.79 Å². The fourth-order valence-corrected chi connectivity index (χ4v) is 4.73. The van der Waals surface area contributed by atoms with Crippen molar-refractivity contribution in [2.45, 2.75) is 43.8 Å². The first kappa shape index (κ1) is 25.9. The van der Waals surface area contributed by atoms with Gasteiger partial charge >= 0.3 is 14.1 Å². The third kappa shape index (κ3) is 4.89. The van der Waals surface area contributed by atoms with Gasteiger partial charge in [0.1, 0.15) is 47.2 Å². The van der Waals surface area contributed by atoms with Gasteiger partial charge in [0, 0.05) is 5.56 Å². The lowest BCUT2D eigenvalue weighted by molar-refractivity contribution is -0.152. The summed E-state index contributed by atoms with van der Waals surface area (Å²) in [5.41, 5.74) is 4.92. The second-order valence-electron chi connectivity index (χ2n) is 8.29. The molecule has 6 atom stereocenters. The number of nitrogen functional groups attached to an aromatic ring is 1. The van der Waals surface area contributed by atoms with Gasteiger partial charge in [0.25, 0.3) is 0 Å². The van der Waals surface area contributed by atoms with Gasteiger partial charge in [-0.05, 0) is 30.5 Å². The summed E-state index contributed by atoms with van der Waals surface area (Å²) < 4.78 is 34.5. The van der Waals surface area contributed by atoms with E-state index in [0.29, 0.717) is 16.8 Å². The molecule has 3 heterocycles. The number of rotatable bonds is 9. The van der Waals surface area contributed by atoms with Crippen LogP contribution in [0.3, 0.4) is 0 Å². The lowest BCUT2D eigenvalue weighted by Gasteiger charge is -2.25. The van der Waals surface area contributed by atoms with E-state index in [0.717, 1.165) is 4.83 Å².